The van der Waals surface area contributed by atoms with Crippen molar-refractivity contribution in [1.82, 2.24) is 4.72 Å². The lowest BCUT2D eigenvalue weighted by molar-refractivity contribution is 0.552. The number of hydrogen-bond donors (Lipinski definition) is 3. The van der Waals surface area contributed by atoms with Gasteiger partial charge in [-0.1, -0.05) is 25.0 Å². The van der Waals surface area contributed by atoms with Gasteiger partial charge in [0.15, 0.2) is 0 Å². The molecular weight excluding hydrogens is 250 g/mol. The van der Waals surface area contributed by atoms with E-state index in [1.165, 1.54) is 12.1 Å². The van der Waals surface area contributed by atoms with Crippen molar-refractivity contribution in [3.8, 4) is 0 Å². The quantitative estimate of drug-likeness (QED) is 0.564. The van der Waals surface area contributed by atoms with Crippen LogP contribution in [0.25, 0.3) is 0 Å². The van der Waals surface area contributed by atoms with Crippen molar-refractivity contribution in [3.05, 3.63) is 29.8 Å². The maximum atomic E-state index is 12.1. The summed E-state index contributed by atoms with van der Waals surface area (Å²) in [4.78, 5) is 0.169. The fourth-order valence-electron chi connectivity index (χ4n) is 2.16. The van der Waals surface area contributed by atoms with Gasteiger partial charge in [0.2, 0.25) is 10.0 Å². The van der Waals surface area contributed by atoms with Gasteiger partial charge < -0.3 is 5.73 Å². The van der Waals surface area contributed by atoms with Crippen molar-refractivity contribution in [2.24, 2.45) is 5.73 Å². The number of nitrogens with two attached hydrogens (primary N) is 1. The minimum Gasteiger partial charge on any atom is -0.384 e. The van der Waals surface area contributed by atoms with Gasteiger partial charge in [-0.2, -0.15) is 0 Å². The molecule has 1 aromatic carbocycles. The van der Waals surface area contributed by atoms with Crippen molar-refractivity contribution in [2.75, 3.05) is 0 Å². The minimum absolute atomic E-state index is 0.0379. The second-order valence-electron chi connectivity index (χ2n) is 4.54. The summed E-state index contributed by atoms with van der Waals surface area (Å²) < 4.78 is 27.0. The molecule has 0 saturated heterocycles. The Bertz CT molecular complexity index is 548. The molecule has 1 fully saturated rings. The van der Waals surface area contributed by atoms with Gasteiger partial charge in [0.25, 0.3) is 0 Å². The maximum absolute atomic E-state index is 12.1. The van der Waals surface area contributed by atoms with Crippen molar-refractivity contribution in [2.45, 2.75) is 36.6 Å². The second kappa shape index (κ2) is 5.07. The smallest absolute Gasteiger partial charge is 0.240 e. The molecule has 5 nitrogen and oxygen atoms in total. The lowest BCUT2D eigenvalue weighted by atomic mass is 10.2. The van der Waals surface area contributed by atoms with Crippen molar-refractivity contribution < 1.29 is 8.42 Å². The SMILES string of the molecule is N=C(N)c1cccc(S(=O)(=O)NC2CCCC2)c1. The van der Waals surface area contributed by atoms with Gasteiger partial charge in [0, 0.05) is 11.6 Å². The Labute approximate surface area is 107 Å². The highest BCUT2D eigenvalue weighted by Gasteiger charge is 2.23. The number of benzene rings is 1. The van der Waals surface area contributed by atoms with Gasteiger partial charge >= 0.3 is 0 Å². The minimum atomic E-state index is -3.50. The van der Waals surface area contributed by atoms with Crippen LogP contribution >= 0.6 is 0 Å². The highest BCUT2D eigenvalue weighted by Crippen LogP contribution is 2.20. The summed E-state index contributed by atoms with van der Waals surface area (Å²) in [5.41, 5.74) is 5.78. The first-order valence-corrected chi connectivity index (χ1v) is 7.44. The zero-order valence-corrected chi connectivity index (χ0v) is 10.8. The fraction of sp³-hybridized carbons (Fsp3) is 0.417. The molecule has 1 aliphatic carbocycles. The maximum Gasteiger partial charge on any atom is 0.240 e. The van der Waals surface area contributed by atoms with E-state index in [4.69, 9.17) is 11.1 Å². The van der Waals surface area contributed by atoms with Crippen LogP contribution in [0.15, 0.2) is 29.2 Å². The molecule has 6 heteroatoms. The Hall–Kier alpha value is -1.40. The topological polar surface area (TPSA) is 96.0 Å². The van der Waals surface area contributed by atoms with E-state index in [9.17, 15) is 8.42 Å². The summed E-state index contributed by atoms with van der Waals surface area (Å²) in [5, 5.41) is 7.32. The molecule has 0 heterocycles. The molecule has 98 valence electrons. The Morgan fingerprint density at radius 2 is 2.00 bits per heavy atom. The van der Waals surface area contributed by atoms with E-state index in [2.05, 4.69) is 4.72 Å². The third-order valence-electron chi connectivity index (χ3n) is 3.13. The van der Waals surface area contributed by atoms with Crippen LogP contribution in [0.2, 0.25) is 0 Å². The summed E-state index contributed by atoms with van der Waals surface area (Å²) in [6, 6.07) is 6.20. The molecule has 0 unspecified atom stereocenters. The van der Waals surface area contributed by atoms with E-state index in [0.717, 1.165) is 25.7 Å². The number of rotatable bonds is 4. The molecule has 0 amide bonds. The van der Waals surface area contributed by atoms with Gasteiger partial charge in [-0.3, -0.25) is 5.41 Å². The fourth-order valence-corrected chi connectivity index (χ4v) is 3.51. The van der Waals surface area contributed by atoms with Gasteiger partial charge in [0.05, 0.1) is 4.90 Å². The van der Waals surface area contributed by atoms with Crippen LogP contribution in [0.4, 0.5) is 0 Å². The first-order chi connectivity index (χ1) is 8.49. The van der Waals surface area contributed by atoms with Crippen LogP contribution in [-0.2, 0) is 10.0 Å². The molecule has 18 heavy (non-hydrogen) atoms. The summed E-state index contributed by atoms with van der Waals surface area (Å²) in [6.07, 6.45) is 3.93. The lowest BCUT2D eigenvalue weighted by Gasteiger charge is -2.13. The van der Waals surface area contributed by atoms with Crippen LogP contribution in [0.1, 0.15) is 31.2 Å². The highest BCUT2D eigenvalue weighted by molar-refractivity contribution is 7.89. The Morgan fingerprint density at radius 3 is 2.61 bits per heavy atom. The molecule has 0 spiro atoms. The van der Waals surface area contributed by atoms with Crippen LogP contribution in [0.3, 0.4) is 0 Å². The zero-order valence-electron chi connectivity index (χ0n) is 10.0. The number of amidine groups is 1. The molecular formula is C12H17N3O2S. The Balaban J connectivity index is 2.23. The number of nitrogens with one attached hydrogen (secondary N) is 2. The summed E-state index contributed by atoms with van der Waals surface area (Å²) in [7, 11) is -3.50. The Kier molecular flexibility index (Phi) is 3.68. The highest BCUT2D eigenvalue weighted by atomic mass is 32.2. The standard InChI is InChI=1S/C12H17N3O2S/c13-12(14)9-4-3-7-11(8-9)18(16,17)15-10-5-1-2-6-10/h3-4,7-8,10,15H,1-2,5-6H2,(H3,13,14). The summed E-state index contributed by atoms with van der Waals surface area (Å²) >= 11 is 0. The first kappa shape index (κ1) is 13.0. The molecule has 1 saturated carbocycles. The van der Waals surface area contributed by atoms with Crippen LogP contribution in [0, 0.1) is 5.41 Å². The van der Waals surface area contributed by atoms with Gasteiger partial charge in [-0.25, -0.2) is 13.1 Å². The zero-order chi connectivity index (χ0) is 13.2. The number of sulfonamides is 1. The van der Waals surface area contributed by atoms with Crippen molar-refractivity contribution in [3.63, 3.8) is 0 Å². The van der Waals surface area contributed by atoms with Gasteiger partial charge in [-0.15, -0.1) is 0 Å². The van der Waals surface area contributed by atoms with Gasteiger partial charge in [-0.05, 0) is 25.0 Å². The molecule has 1 aromatic rings. The lowest BCUT2D eigenvalue weighted by Crippen LogP contribution is -2.32. The average molecular weight is 267 g/mol. The molecule has 4 N–H and O–H groups in total. The molecule has 0 radical (unpaired) electrons. The monoisotopic (exact) mass is 267 g/mol. The predicted octanol–water partition coefficient (Wildman–Crippen LogP) is 1.19. The second-order valence-corrected chi connectivity index (χ2v) is 6.26. The number of nitrogen functional groups attached to an aromatic ring is 1. The molecule has 0 aliphatic heterocycles. The molecule has 0 atom stereocenters. The number of hydrogen-bond acceptors (Lipinski definition) is 3. The van der Waals surface area contributed by atoms with E-state index in [0.29, 0.717) is 5.56 Å². The van der Waals surface area contributed by atoms with Crippen LogP contribution < -0.4 is 10.5 Å². The third-order valence-corrected chi connectivity index (χ3v) is 4.65. The third kappa shape index (κ3) is 2.88. The summed E-state index contributed by atoms with van der Waals surface area (Å²) in [5.74, 6) is -0.132. The van der Waals surface area contributed by atoms with E-state index in [1.54, 1.807) is 12.1 Å². The normalized spacial score (nSPS) is 16.9. The van der Waals surface area contributed by atoms with Crippen LogP contribution in [0.5, 0.6) is 0 Å². The molecule has 0 aromatic heterocycles. The largest absolute Gasteiger partial charge is 0.384 e. The van der Waals surface area contributed by atoms with E-state index >= 15 is 0 Å². The molecule has 1 aliphatic rings. The van der Waals surface area contributed by atoms with E-state index in [1.807, 2.05) is 0 Å². The molecule has 0 bridgehead atoms. The van der Waals surface area contributed by atoms with E-state index < -0.39 is 10.0 Å². The van der Waals surface area contributed by atoms with Crippen LogP contribution in [-0.4, -0.2) is 20.3 Å². The van der Waals surface area contributed by atoms with E-state index in [-0.39, 0.29) is 16.8 Å². The van der Waals surface area contributed by atoms with Crippen molar-refractivity contribution in [1.29, 1.82) is 5.41 Å². The molecule has 2 rings (SSSR count). The predicted molar refractivity (Wildman–Crippen MR) is 70.0 cm³/mol. The van der Waals surface area contributed by atoms with Gasteiger partial charge in [0.1, 0.15) is 5.84 Å². The Morgan fingerprint density at radius 1 is 1.33 bits per heavy atom. The average Bonchev–Trinajstić information content (AvgIpc) is 2.81. The van der Waals surface area contributed by atoms with Crippen molar-refractivity contribution >= 4 is 15.9 Å². The summed E-state index contributed by atoms with van der Waals surface area (Å²) in [6.45, 7) is 0. The first-order valence-electron chi connectivity index (χ1n) is 5.96.